The zero-order valence-electron chi connectivity index (χ0n) is 13.6. The highest BCUT2D eigenvalue weighted by Crippen LogP contribution is 2.27. The highest BCUT2D eigenvalue weighted by molar-refractivity contribution is 6.04. The van der Waals surface area contributed by atoms with Crippen LogP contribution in [0.15, 0.2) is 40.5 Å². The van der Waals surface area contributed by atoms with E-state index in [1.165, 1.54) is 0 Å². The summed E-state index contributed by atoms with van der Waals surface area (Å²) >= 11 is 0. The second kappa shape index (κ2) is 5.59. The molecular weight excluding hydrogens is 306 g/mol. The van der Waals surface area contributed by atoms with Gasteiger partial charge in [-0.15, -0.1) is 0 Å². The molecule has 0 bridgehead atoms. The van der Waals surface area contributed by atoms with Crippen molar-refractivity contribution in [3.05, 3.63) is 52.3 Å². The molecule has 0 aliphatic carbocycles. The van der Waals surface area contributed by atoms with E-state index in [1.54, 1.807) is 24.1 Å². The van der Waals surface area contributed by atoms with Crippen molar-refractivity contribution in [3.63, 3.8) is 0 Å². The number of hydrogen-bond donors (Lipinski definition) is 0. The second-order valence-electron chi connectivity index (χ2n) is 5.67. The number of fused-ring (bicyclic) bond motifs is 3. The van der Waals surface area contributed by atoms with E-state index in [1.807, 2.05) is 29.7 Å². The molecule has 0 aromatic carbocycles. The SMILES string of the molecule is CCCn1c(=O)c2c(n3ccnc13)N=C(c1ccc(OC)cn1)C2. The molecule has 0 unspecified atom stereocenters. The average Bonchev–Trinajstić information content (AvgIpc) is 3.25. The zero-order chi connectivity index (χ0) is 16.7. The van der Waals surface area contributed by atoms with E-state index < -0.39 is 0 Å². The van der Waals surface area contributed by atoms with Crippen LogP contribution in [0.1, 0.15) is 24.6 Å². The number of nitrogens with zero attached hydrogens (tertiary/aromatic N) is 5. The molecular formula is C17H17N5O2. The Hall–Kier alpha value is -2.96. The van der Waals surface area contributed by atoms with Crippen LogP contribution in [-0.4, -0.2) is 31.8 Å². The number of imidazole rings is 1. The Morgan fingerprint density at radius 2 is 2.17 bits per heavy atom. The minimum Gasteiger partial charge on any atom is -0.495 e. The summed E-state index contributed by atoms with van der Waals surface area (Å²) in [5.74, 6) is 1.98. The fourth-order valence-electron chi connectivity index (χ4n) is 3.01. The molecule has 3 aromatic heterocycles. The Morgan fingerprint density at radius 1 is 1.29 bits per heavy atom. The van der Waals surface area contributed by atoms with Crippen LogP contribution in [0.2, 0.25) is 0 Å². The van der Waals surface area contributed by atoms with E-state index >= 15 is 0 Å². The molecule has 0 fully saturated rings. The molecule has 4 heterocycles. The third-order valence-corrected chi connectivity index (χ3v) is 4.16. The molecule has 0 saturated heterocycles. The minimum atomic E-state index is -0.0159. The maximum absolute atomic E-state index is 12.8. The van der Waals surface area contributed by atoms with Crippen molar-refractivity contribution in [3.8, 4) is 5.75 Å². The highest BCUT2D eigenvalue weighted by Gasteiger charge is 2.25. The Bertz CT molecular complexity index is 998. The summed E-state index contributed by atoms with van der Waals surface area (Å²) in [6.45, 7) is 2.69. The van der Waals surface area contributed by atoms with Crippen LogP contribution in [0.3, 0.4) is 0 Å². The molecule has 0 saturated carbocycles. The van der Waals surface area contributed by atoms with E-state index in [0.717, 1.165) is 17.8 Å². The van der Waals surface area contributed by atoms with Crippen molar-refractivity contribution in [1.29, 1.82) is 0 Å². The van der Waals surface area contributed by atoms with Gasteiger partial charge in [0, 0.05) is 25.4 Å². The van der Waals surface area contributed by atoms with Crippen molar-refractivity contribution in [2.45, 2.75) is 26.3 Å². The van der Waals surface area contributed by atoms with E-state index in [9.17, 15) is 4.79 Å². The van der Waals surface area contributed by atoms with Crippen LogP contribution >= 0.6 is 0 Å². The molecule has 1 aliphatic heterocycles. The van der Waals surface area contributed by atoms with Crippen LogP contribution in [0, 0.1) is 0 Å². The second-order valence-corrected chi connectivity index (χ2v) is 5.67. The number of aromatic nitrogens is 4. The first kappa shape index (κ1) is 14.6. The monoisotopic (exact) mass is 323 g/mol. The minimum absolute atomic E-state index is 0.0159. The number of hydrogen-bond acceptors (Lipinski definition) is 5. The Labute approximate surface area is 138 Å². The summed E-state index contributed by atoms with van der Waals surface area (Å²) in [6.07, 6.45) is 6.54. The van der Waals surface area contributed by atoms with Crippen molar-refractivity contribution in [2.75, 3.05) is 7.11 Å². The van der Waals surface area contributed by atoms with E-state index in [-0.39, 0.29) is 5.56 Å². The molecule has 24 heavy (non-hydrogen) atoms. The molecule has 0 amide bonds. The molecule has 0 N–H and O–H groups in total. The largest absolute Gasteiger partial charge is 0.495 e. The van der Waals surface area contributed by atoms with E-state index in [2.05, 4.69) is 15.0 Å². The lowest BCUT2D eigenvalue weighted by Gasteiger charge is -2.09. The molecule has 0 radical (unpaired) electrons. The molecule has 7 heteroatoms. The summed E-state index contributed by atoms with van der Waals surface area (Å²) in [7, 11) is 1.60. The van der Waals surface area contributed by atoms with Crippen LogP contribution < -0.4 is 10.3 Å². The first-order valence-corrected chi connectivity index (χ1v) is 7.89. The first-order chi connectivity index (χ1) is 11.7. The quantitative estimate of drug-likeness (QED) is 0.736. The van der Waals surface area contributed by atoms with E-state index in [4.69, 9.17) is 4.74 Å². The molecule has 3 aromatic rings. The summed E-state index contributed by atoms with van der Waals surface area (Å²) in [5.41, 5.74) is 2.22. The molecule has 122 valence electrons. The molecule has 1 aliphatic rings. The van der Waals surface area contributed by atoms with Gasteiger partial charge < -0.3 is 4.74 Å². The molecule has 0 spiro atoms. The lowest BCUT2D eigenvalue weighted by atomic mass is 10.1. The smallest absolute Gasteiger partial charge is 0.260 e. The third-order valence-electron chi connectivity index (χ3n) is 4.16. The highest BCUT2D eigenvalue weighted by atomic mass is 16.5. The normalized spacial score (nSPS) is 13.2. The van der Waals surface area contributed by atoms with Crippen LogP contribution in [-0.2, 0) is 13.0 Å². The predicted octanol–water partition coefficient (Wildman–Crippen LogP) is 1.99. The summed E-state index contributed by atoms with van der Waals surface area (Å²) in [6, 6.07) is 3.70. The van der Waals surface area contributed by atoms with Gasteiger partial charge >= 0.3 is 0 Å². The lowest BCUT2D eigenvalue weighted by molar-refractivity contribution is 0.413. The molecule has 4 rings (SSSR count). The number of ether oxygens (including phenoxy) is 1. The number of aliphatic imine (C=N–C) groups is 1. The van der Waals surface area contributed by atoms with Crippen molar-refractivity contribution < 1.29 is 4.74 Å². The van der Waals surface area contributed by atoms with Gasteiger partial charge in [0.25, 0.3) is 5.56 Å². The number of methoxy groups -OCH3 is 1. The van der Waals surface area contributed by atoms with Gasteiger partial charge in [-0.05, 0) is 18.6 Å². The van der Waals surface area contributed by atoms with Gasteiger partial charge in [-0.25, -0.2) is 9.98 Å². The number of rotatable bonds is 4. The standard InChI is InChI=1S/C17H17N5O2/c1-3-7-22-16(23)12-9-14(13-5-4-11(24-2)10-19-13)20-15(12)21-8-6-18-17(21)22/h4-6,8,10H,3,7,9H2,1-2H3. The van der Waals surface area contributed by atoms with Crippen LogP contribution in [0.5, 0.6) is 5.75 Å². The fourth-order valence-corrected chi connectivity index (χ4v) is 3.01. The van der Waals surface area contributed by atoms with E-state index in [0.29, 0.717) is 35.9 Å². The van der Waals surface area contributed by atoms with Gasteiger partial charge in [0.05, 0.1) is 30.3 Å². The maximum atomic E-state index is 12.8. The third kappa shape index (κ3) is 2.12. The van der Waals surface area contributed by atoms with Gasteiger partial charge in [-0.2, -0.15) is 0 Å². The first-order valence-electron chi connectivity index (χ1n) is 7.89. The van der Waals surface area contributed by atoms with Gasteiger partial charge in [0.15, 0.2) is 0 Å². The van der Waals surface area contributed by atoms with Crippen LogP contribution in [0.25, 0.3) is 5.78 Å². The fraction of sp³-hybridized carbons (Fsp3) is 0.294. The number of aryl methyl sites for hydroxylation is 1. The van der Waals surface area contributed by atoms with Crippen molar-refractivity contribution in [2.24, 2.45) is 4.99 Å². The summed E-state index contributed by atoms with van der Waals surface area (Å²) in [4.78, 5) is 26.2. The summed E-state index contributed by atoms with van der Waals surface area (Å²) < 4.78 is 8.73. The Morgan fingerprint density at radius 3 is 2.88 bits per heavy atom. The van der Waals surface area contributed by atoms with Gasteiger partial charge in [-0.1, -0.05) is 6.92 Å². The number of pyridine rings is 1. The average molecular weight is 323 g/mol. The van der Waals surface area contributed by atoms with Gasteiger partial charge in [0.2, 0.25) is 5.78 Å². The Balaban J connectivity index is 1.84. The molecule has 7 nitrogen and oxygen atoms in total. The zero-order valence-corrected chi connectivity index (χ0v) is 13.6. The van der Waals surface area contributed by atoms with Gasteiger partial charge in [0.1, 0.15) is 11.6 Å². The molecule has 0 atom stereocenters. The van der Waals surface area contributed by atoms with Crippen LogP contribution in [0.4, 0.5) is 5.82 Å². The summed E-state index contributed by atoms with van der Waals surface area (Å²) in [5, 5.41) is 0. The lowest BCUT2D eigenvalue weighted by Crippen LogP contribution is -2.26. The maximum Gasteiger partial charge on any atom is 0.260 e. The Kier molecular flexibility index (Phi) is 3.41. The van der Waals surface area contributed by atoms with Crippen molar-refractivity contribution in [1.82, 2.24) is 18.9 Å². The van der Waals surface area contributed by atoms with Crippen molar-refractivity contribution >= 4 is 17.3 Å². The van der Waals surface area contributed by atoms with Gasteiger partial charge in [-0.3, -0.25) is 18.7 Å². The topological polar surface area (TPSA) is 73.8 Å². The predicted molar refractivity (Wildman–Crippen MR) is 90.4 cm³/mol.